The first-order chi connectivity index (χ1) is 9.60. The maximum absolute atomic E-state index is 12.2. The third-order valence-electron chi connectivity index (χ3n) is 3.55. The molecule has 1 aromatic carbocycles. The van der Waals surface area contributed by atoms with Crippen LogP contribution in [0.3, 0.4) is 0 Å². The molecule has 1 unspecified atom stereocenters. The summed E-state index contributed by atoms with van der Waals surface area (Å²) in [6, 6.07) is 5.25. The van der Waals surface area contributed by atoms with E-state index in [9.17, 15) is 4.79 Å². The van der Waals surface area contributed by atoms with Crippen molar-refractivity contribution in [2.45, 2.75) is 43.1 Å². The van der Waals surface area contributed by atoms with Crippen LogP contribution in [0.15, 0.2) is 18.2 Å². The number of benzene rings is 1. The third kappa shape index (κ3) is 3.82. The van der Waals surface area contributed by atoms with Crippen molar-refractivity contribution in [1.29, 1.82) is 0 Å². The number of thioether (sulfide) groups is 1. The van der Waals surface area contributed by atoms with Gasteiger partial charge in [-0.05, 0) is 31.9 Å². The van der Waals surface area contributed by atoms with Crippen LogP contribution in [0.5, 0.6) is 5.75 Å². The van der Waals surface area contributed by atoms with Crippen molar-refractivity contribution in [3.63, 3.8) is 0 Å². The van der Waals surface area contributed by atoms with Gasteiger partial charge in [-0.15, -0.1) is 11.8 Å². The minimum Gasteiger partial charge on any atom is -0.494 e. The van der Waals surface area contributed by atoms with Crippen molar-refractivity contribution in [1.82, 2.24) is 0 Å². The highest BCUT2D eigenvalue weighted by Crippen LogP contribution is 2.33. The van der Waals surface area contributed by atoms with Gasteiger partial charge in [-0.25, -0.2) is 0 Å². The molecule has 3 N–H and O–H groups in total. The molecular weight excluding hydrogens is 272 g/mol. The Morgan fingerprint density at radius 2 is 2.15 bits per heavy atom. The molecule has 1 aromatic rings. The monoisotopic (exact) mass is 294 g/mol. The van der Waals surface area contributed by atoms with Gasteiger partial charge >= 0.3 is 0 Å². The van der Waals surface area contributed by atoms with E-state index in [0.29, 0.717) is 22.4 Å². The number of ether oxygens (including phenoxy) is 1. The molecule has 1 fully saturated rings. The van der Waals surface area contributed by atoms with Crippen LogP contribution in [0.2, 0.25) is 0 Å². The number of amides is 1. The number of nitrogens with two attached hydrogens (primary N) is 1. The summed E-state index contributed by atoms with van der Waals surface area (Å²) in [5.74, 6) is 0.612. The fourth-order valence-corrected chi connectivity index (χ4v) is 3.79. The lowest BCUT2D eigenvalue weighted by atomic mass is 10.2. The first kappa shape index (κ1) is 15.0. The molecule has 0 radical (unpaired) electrons. The fraction of sp³-hybridized carbons (Fsp3) is 0.533. The molecule has 0 bridgehead atoms. The summed E-state index contributed by atoms with van der Waals surface area (Å²) >= 11 is 1.77. The van der Waals surface area contributed by atoms with Gasteiger partial charge in [-0.1, -0.05) is 12.8 Å². The number of carbonyl (C=O) groups is 1. The molecule has 1 aliphatic carbocycles. The summed E-state index contributed by atoms with van der Waals surface area (Å²) in [6.07, 6.45) is 5.04. The summed E-state index contributed by atoms with van der Waals surface area (Å²) in [4.78, 5) is 12.2. The Hall–Kier alpha value is -1.36. The molecule has 0 aliphatic heterocycles. The molecule has 1 atom stereocenters. The van der Waals surface area contributed by atoms with Gasteiger partial charge in [0, 0.05) is 17.0 Å². The molecular formula is C15H22N2O2S. The summed E-state index contributed by atoms with van der Waals surface area (Å²) in [5, 5.41) is 3.50. The molecule has 5 heteroatoms. The van der Waals surface area contributed by atoms with Gasteiger partial charge in [0.05, 0.1) is 18.0 Å². The number of anilines is 2. The van der Waals surface area contributed by atoms with Crippen molar-refractivity contribution in [2.75, 3.05) is 18.2 Å². The normalized spacial score (nSPS) is 16.9. The Kier molecular flexibility index (Phi) is 5.17. The van der Waals surface area contributed by atoms with Crippen LogP contribution in [-0.4, -0.2) is 23.5 Å². The smallest absolute Gasteiger partial charge is 0.237 e. The van der Waals surface area contributed by atoms with E-state index in [1.54, 1.807) is 37.1 Å². The van der Waals surface area contributed by atoms with E-state index in [4.69, 9.17) is 10.5 Å². The Morgan fingerprint density at radius 1 is 1.45 bits per heavy atom. The molecule has 1 saturated carbocycles. The lowest BCUT2D eigenvalue weighted by Gasteiger charge is -2.17. The second-order valence-electron chi connectivity index (χ2n) is 5.13. The molecule has 0 spiro atoms. The number of hydrogen-bond donors (Lipinski definition) is 2. The Bertz CT molecular complexity index is 473. The van der Waals surface area contributed by atoms with Gasteiger partial charge in [-0.3, -0.25) is 4.79 Å². The lowest BCUT2D eigenvalue weighted by molar-refractivity contribution is -0.115. The topological polar surface area (TPSA) is 64.3 Å². The maximum atomic E-state index is 12.2. The van der Waals surface area contributed by atoms with E-state index in [1.807, 2.05) is 6.92 Å². The molecule has 0 saturated heterocycles. The Labute approximate surface area is 124 Å². The number of nitrogen functional groups attached to an aromatic ring is 1. The van der Waals surface area contributed by atoms with E-state index in [1.165, 1.54) is 25.7 Å². The van der Waals surface area contributed by atoms with Gasteiger partial charge in [0.1, 0.15) is 5.75 Å². The van der Waals surface area contributed by atoms with Gasteiger partial charge in [-0.2, -0.15) is 0 Å². The van der Waals surface area contributed by atoms with Gasteiger partial charge < -0.3 is 15.8 Å². The first-order valence-electron chi connectivity index (χ1n) is 7.00. The number of nitrogens with one attached hydrogen (secondary N) is 1. The molecule has 4 nitrogen and oxygen atoms in total. The summed E-state index contributed by atoms with van der Waals surface area (Å²) in [7, 11) is 1.57. The lowest BCUT2D eigenvalue weighted by Crippen LogP contribution is -2.24. The highest BCUT2D eigenvalue weighted by Gasteiger charge is 2.22. The maximum Gasteiger partial charge on any atom is 0.237 e. The van der Waals surface area contributed by atoms with Crippen molar-refractivity contribution in [3.05, 3.63) is 18.2 Å². The average molecular weight is 294 g/mol. The zero-order chi connectivity index (χ0) is 14.5. The molecule has 20 heavy (non-hydrogen) atoms. The molecule has 1 amide bonds. The Morgan fingerprint density at radius 3 is 2.80 bits per heavy atom. The van der Waals surface area contributed by atoms with Crippen molar-refractivity contribution in [3.8, 4) is 5.75 Å². The number of carbonyl (C=O) groups excluding carboxylic acids is 1. The van der Waals surface area contributed by atoms with Crippen LogP contribution in [0.1, 0.15) is 32.6 Å². The van der Waals surface area contributed by atoms with Crippen LogP contribution in [-0.2, 0) is 4.79 Å². The van der Waals surface area contributed by atoms with Gasteiger partial charge in [0.25, 0.3) is 0 Å². The largest absolute Gasteiger partial charge is 0.494 e. The number of methoxy groups -OCH3 is 1. The minimum atomic E-state index is -0.0552. The van der Waals surface area contributed by atoms with E-state index >= 15 is 0 Å². The molecule has 0 heterocycles. The van der Waals surface area contributed by atoms with Gasteiger partial charge in [0.15, 0.2) is 0 Å². The first-order valence-corrected chi connectivity index (χ1v) is 7.94. The molecule has 1 aliphatic rings. The average Bonchev–Trinajstić information content (AvgIpc) is 2.93. The second kappa shape index (κ2) is 6.88. The van der Waals surface area contributed by atoms with Crippen molar-refractivity contribution in [2.24, 2.45) is 0 Å². The molecule has 0 aromatic heterocycles. The van der Waals surface area contributed by atoms with Crippen molar-refractivity contribution >= 4 is 29.0 Å². The zero-order valence-corrected chi connectivity index (χ0v) is 12.8. The highest BCUT2D eigenvalue weighted by molar-refractivity contribution is 8.01. The van der Waals surface area contributed by atoms with Crippen LogP contribution in [0.25, 0.3) is 0 Å². The number of hydrogen-bond acceptors (Lipinski definition) is 4. The highest BCUT2D eigenvalue weighted by atomic mass is 32.2. The van der Waals surface area contributed by atoms with Gasteiger partial charge in [0.2, 0.25) is 5.91 Å². The summed E-state index contributed by atoms with van der Waals surface area (Å²) < 4.78 is 5.24. The van der Waals surface area contributed by atoms with Crippen LogP contribution in [0.4, 0.5) is 11.4 Å². The minimum absolute atomic E-state index is 0.0185. The number of rotatable bonds is 5. The van der Waals surface area contributed by atoms with E-state index in [2.05, 4.69) is 5.32 Å². The quantitative estimate of drug-likeness (QED) is 0.818. The third-order valence-corrected chi connectivity index (χ3v) is 5.03. The fourth-order valence-electron chi connectivity index (χ4n) is 2.42. The predicted octanol–water partition coefficient (Wildman–Crippen LogP) is 3.28. The van der Waals surface area contributed by atoms with Crippen LogP contribution >= 0.6 is 11.8 Å². The Balaban J connectivity index is 1.96. The van der Waals surface area contributed by atoms with E-state index < -0.39 is 0 Å². The van der Waals surface area contributed by atoms with E-state index in [-0.39, 0.29) is 11.2 Å². The summed E-state index contributed by atoms with van der Waals surface area (Å²) in [5.41, 5.74) is 7.00. The van der Waals surface area contributed by atoms with Crippen molar-refractivity contribution < 1.29 is 9.53 Å². The standard InChI is InChI=1S/C15H22N2O2S/c1-10(20-12-5-3-4-6-12)15(18)17-13-8-7-11(16)9-14(13)19-2/h7-10,12H,3-6,16H2,1-2H3,(H,17,18). The zero-order valence-electron chi connectivity index (χ0n) is 12.0. The van der Waals surface area contributed by atoms with Crippen LogP contribution < -0.4 is 15.8 Å². The van der Waals surface area contributed by atoms with E-state index in [0.717, 1.165) is 0 Å². The molecule has 2 rings (SSSR count). The predicted molar refractivity (Wildman–Crippen MR) is 85.3 cm³/mol. The summed E-state index contributed by atoms with van der Waals surface area (Å²) in [6.45, 7) is 1.96. The molecule has 110 valence electrons. The SMILES string of the molecule is COc1cc(N)ccc1NC(=O)C(C)SC1CCCC1. The second-order valence-corrected chi connectivity index (χ2v) is 6.78. The van der Waals surface area contributed by atoms with Crippen LogP contribution in [0, 0.1) is 0 Å².